The zero-order valence-electron chi connectivity index (χ0n) is 16.3. The average Bonchev–Trinajstić information content (AvgIpc) is 2.69. The number of anilines is 1. The van der Waals surface area contributed by atoms with Gasteiger partial charge in [0.05, 0.1) is 11.1 Å². The molecular weight excluding hydrogens is 372 g/mol. The second-order valence-corrected chi connectivity index (χ2v) is 7.91. The maximum atomic E-state index is 12.8. The quantitative estimate of drug-likeness (QED) is 0.486. The van der Waals surface area contributed by atoms with Gasteiger partial charge in [0.1, 0.15) is 0 Å². The fourth-order valence-corrected chi connectivity index (χ4v) is 3.62. The minimum Gasteiger partial charge on any atom is -0.325 e. The van der Waals surface area contributed by atoms with E-state index in [0.717, 1.165) is 12.1 Å². The van der Waals surface area contributed by atoms with E-state index in [-0.39, 0.29) is 23.1 Å². The van der Waals surface area contributed by atoms with Gasteiger partial charge in [-0.05, 0) is 42.2 Å². The smallest absolute Gasteiger partial charge is 0.263 e. The number of aryl methyl sites for hydroxylation is 1. The highest BCUT2D eigenvalue weighted by molar-refractivity contribution is 7.99. The molecule has 2 heterocycles. The maximum Gasteiger partial charge on any atom is 0.263 e. The van der Waals surface area contributed by atoms with Crippen LogP contribution in [0.3, 0.4) is 0 Å². The van der Waals surface area contributed by atoms with Gasteiger partial charge in [-0.1, -0.05) is 44.7 Å². The minimum atomic E-state index is -0.138. The van der Waals surface area contributed by atoms with Crippen molar-refractivity contribution in [3.63, 3.8) is 0 Å². The van der Waals surface area contributed by atoms with Crippen molar-refractivity contribution in [2.45, 2.75) is 38.9 Å². The van der Waals surface area contributed by atoms with Crippen molar-refractivity contribution < 1.29 is 4.79 Å². The van der Waals surface area contributed by atoms with Crippen molar-refractivity contribution in [2.24, 2.45) is 5.92 Å². The first-order chi connectivity index (χ1) is 13.5. The van der Waals surface area contributed by atoms with Crippen LogP contribution >= 0.6 is 11.8 Å². The largest absolute Gasteiger partial charge is 0.325 e. The molecule has 0 aliphatic carbocycles. The first kappa shape index (κ1) is 20.1. The van der Waals surface area contributed by atoms with Crippen LogP contribution in [0, 0.1) is 5.92 Å². The number of nitrogens with one attached hydrogen (secondary N) is 1. The van der Waals surface area contributed by atoms with E-state index in [9.17, 15) is 9.59 Å². The molecule has 0 unspecified atom stereocenters. The number of hydrogen-bond donors (Lipinski definition) is 1. The molecule has 0 aliphatic rings. The first-order valence-corrected chi connectivity index (χ1v) is 10.3. The number of nitrogens with zero attached hydrogens (tertiary/aromatic N) is 3. The summed E-state index contributed by atoms with van der Waals surface area (Å²) in [6.45, 7) is 6.72. The van der Waals surface area contributed by atoms with E-state index >= 15 is 0 Å². The van der Waals surface area contributed by atoms with E-state index in [1.165, 1.54) is 17.3 Å². The van der Waals surface area contributed by atoms with Gasteiger partial charge in [-0.2, -0.15) is 0 Å². The van der Waals surface area contributed by atoms with E-state index in [2.05, 4.69) is 22.2 Å². The number of fused-ring (bicyclic) bond motifs is 1. The number of amides is 1. The lowest BCUT2D eigenvalue weighted by Gasteiger charge is -2.14. The molecule has 0 spiro atoms. The summed E-state index contributed by atoms with van der Waals surface area (Å²) in [5.74, 6) is 0.304. The van der Waals surface area contributed by atoms with Crippen LogP contribution in [0.1, 0.15) is 26.3 Å². The standard InChI is InChI=1S/C21H24N4O2S/c1-4-15-7-9-16(10-8-15)23-18(26)13-28-21-24-19-17(6-5-11-22-19)20(27)25(21)12-14(2)3/h5-11,14H,4,12-13H2,1-3H3,(H,23,26). The Morgan fingerprint density at radius 2 is 1.96 bits per heavy atom. The third-order valence-electron chi connectivity index (χ3n) is 4.22. The SMILES string of the molecule is CCc1ccc(NC(=O)CSc2nc3ncccc3c(=O)n2CC(C)C)cc1. The summed E-state index contributed by atoms with van der Waals surface area (Å²) in [6.07, 6.45) is 2.57. The lowest BCUT2D eigenvalue weighted by Crippen LogP contribution is -2.26. The molecule has 146 valence electrons. The molecular formula is C21H24N4O2S. The van der Waals surface area contributed by atoms with E-state index in [0.29, 0.717) is 22.7 Å². The van der Waals surface area contributed by atoms with E-state index in [1.54, 1.807) is 22.9 Å². The van der Waals surface area contributed by atoms with Crippen molar-refractivity contribution in [1.29, 1.82) is 0 Å². The van der Waals surface area contributed by atoms with Crippen LogP contribution in [-0.4, -0.2) is 26.2 Å². The van der Waals surface area contributed by atoms with Gasteiger partial charge in [0.25, 0.3) is 5.56 Å². The maximum absolute atomic E-state index is 12.8. The normalized spacial score (nSPS) is 11.1. The zero-order valence-corrected chi connectivity index (χ0v) is 17.1. The highest BCUT2D eigenvalue weighted by Gasteiger charge is 2.15. The molecule has 2 aromatic heterocycles. The lowest BCUT2D eigenvalue weighted by molar-refractivity contribution is -0.113. The number of benzene rings is 1. The Hall–Kier alpha value is -2.67. The minimum absolute atomic E-state index is 0.120. The zero-order chi connectivity index (χ0) is 20.1. The fourth-order valence-electron chi connectivity index (χ4n) is 2.82. The number of carbonyl (C=O) groups excluding carboxylic acids is 1. The van der Waals surface area contributed by atoms with Crippen molar-refractivity contribution in [3.05, 3.63) is 58.5 Å². The molecule has 28 heavy (non-hydrogen) atoms. The Bertz CT molecular complexity index is 1030. The van der Waals surface area contributed by atoms with Gasteiger partial charge in [-0.25, -0.2) is 9.97 Å². The highest BCUT2D eigenvalue weighted by Crippen LogP contribution is 2.19. The Balaban J connectivity index is 1.78. The van der Waals surface area contributed by atoms with Gasteiger partial charge in [0, 0.05) is 18.4 Å². The molecule has 1 amide bonds. The lowest BCUT2D eigenvalue weighted by atomic mass is 10.1. The highest BCUT2D eigenvalue weighted by atomic mass is 32.2. The van der Waals surface area contributed by atoms with Gasteiger partial charge in [0.15, 0.2) is 10.8 Å². The summed E-state index contributed by atoms with van der Waals surface area (Å²) in [5.41, 5.74) is 2.27. The van der Waals surface area contributed by atoms with Crippen LogP contribution in [0.5, 0.6) is 0 Å². The van der Waals surface area contributed by atoms with Crippen LogP contribution in [0.15, 0.2) is 52.5 Å². The molecule has 6 nitrogen and oxygen atoms in total. The second-order valence-electron chi connectivity index (χ2n) is 6.97. The molecule has 3 aromatic rings. The topological polar surface area (TPSA) is 76.9 Å². The number of carbonyl (C=O) groups is 1. The van der Waals surface area contributed by atoms with Gasteiger partial charge >= 0.3 is 0 Å². The van der Waals surface area contributed by atoms with Crippen LogP contribution in [0.4, 0.5) is 5.69 Å². The van der Waals surface area contributed by atoms with Crippen molar-refractivity contribution in [2.75, 3.05) is 11.1 Å². The van der Waals surface area contributed by atoms with Crippen molar-refractivity contribution in [3.8, 4) is 0 Å². The Kier molecular flexibility index (Phi) is 6.46. The molecule has 0 saturated heterocycles. The summed E-state index contributed by atoms with van der Waals surface area (Å²) in [5, 5.41) is 3.89. The predicted molar refractivity (Wildman–Crippen MR) is 114 cm³/mol. The molecule has 3 rings (SSSR count). The molecule has 0 aliphatic heterocycles. The summed E-state index contributed by atoms with van der Waals surface area (Å²) in [6, 6.07) is 11.3. The molecule has 0 saturated carbocycles. The third kappa shape index (κ3) is 4.78. The molecule has 0 bridgehead atoms. The van der Waals surface area contributed by atoms with Crippen LogP contribution in [-0.2, 0) is 17.8 Å². The Labute approximate surface area is 168 Å². The molecule has 1 aromatic carbocycles. The molecule has 0 fully saturated rings. The van der Waals surface area contributed by atoms with Gasteiger partial charge in [0.2, 0.25) is 5.91 Å². The number of thioether (sulfide) groups is 1. The molecule has 0 radical (unpaired) electrons. The van der Waals surface area contributed by atoms with Gasteiger partial charge in [-0.3, -0.25) is 14.2 Å². The monoisotopic (exact) mass is 396 g/mol. The summed E-state index contributed by atoms with van der Waals surface area (Å²) >= 11 is 1.25. The fraction of sp³-hybridized carbons (Fsp3) is 0.333. The van der Waals surface area contributed by atoms with Gasteiger partial charge < -0.3 is 5.32 Å². The predicted octanol–water partition coefficient (Wildman–Crippen LogP) is 3.74. The summed E-state index contributed by atoms with van der Waals surface area (Å²) in [7, 11) is 0. The summed E-state index contributed by atoms with van der Waals surface area (Å²) < 4.78 is 1.64. The Morgan fingerprint density at radius 1 is 1.21 bits per heavy atom. The number of rotatable bonds is 7. The van der Waals surface area contributed by atoms with E-state index < -0.39 is 0 Å². The van der Waals surface area contributed by atoms with E-state index in [4.69, 9.17) is 0 Å². The first-order valence-electron chi connectivity index (χ1n) is 9.35. The second kappa shape index (κ2) is 9.01. The van der Waals surface area contributed by atoms with E-state index in [1.807, 2.05) is 38.1 Å². The number of pyridine rings is 1. The van der Waals surface area contributed by atoms with Crippen LogP contribution < -0.4 is 10.9 Å². The van der Waals surface area contributed by atoms with Crippen LogP contribution in [0.2, 0.25) is 0 Å². The van der Waals surface area contributed by atoms with Gasteiger partial charge in [-0.15, -0.1) is 0 Å². The summed E-state index contributed by atoms with van der Waals surface area (Å²) in [4.78, 5) is 33.9. The number of aromatic nitrogens is 3. The molecule has 0 atom stereocenters. The third-order valence-corrected chi connectivity index (χ3v) is 5.20. The van der Waals surface area contributed by atoms with Crippen molar-refractivity contribution in [1.82, 2.24) is 14.5 Å². The molecule has 7 heteroatoms. The average molecular weight is 397 g/mol. The Morgan fingerprint density at radius 3 is 2.64 bits per heavy atom. The number of hydrogen-bond acceptors (Lipinski definition) is 5. The van der Waals surface area contributed by atoms with Crippen LogP contribution in [0.25, 0.3) is 11.0 Å². The molecule has 1 N–H and O–H groups in total. The van der Waals surface area contributed by atoms with Crippen molar-refractivity contribution >= 4 is 34.4 Å².